The summed E-state index contributed by atoms with van der Waals surface area (Å²) in [5, 5.41) is 2.95. The van der Waals surface area contributed by atoms with E-state index in [9.17, 15) is 9.59 Å². The third kappa shape index (κ3) is 5.59. The largest absolute Gasteiger partial charge is 0.493 e. The summed E-state index contributed by atoms with van der Waals surface area (Å²) in [7, 11) is 0. The van der Waals surface area contributed by atoms with Crippen LogP contribution in [0.3, 0.4) is 0 Å². The number of nitrogens with zero attached hydrogens (tertiary/aromatic N) is 1. The van der Waals surface area contributed by atoms with Crippen molar-refractivity contribution in [3.63, 3.8) is 0 Å². The van der Waals surface area contributed by atoms with Crippen LogP contribution in [0.1, 0.15) is 31.2 Å². The molecule has 5 heteroatoms. The van der Waals surface area contributed by atoms with E-state index < -0.39 is 0 Å². The van der Waals surface area contributed by atoms with Crippen LogP contribution < -0.4 is 10.1 Å². The zero-order valence-corrected chi connectivity index (χ0v) is 16.4. The molecule has 1 unspecified atom stereocenters. The van der Waals surface area contributed by atoms with E-state index in [0.717, 1.165) is 36.4 Å². The molecule has 1 heterocycles. The molecule has 0 aromatic heterocycles. The first-order chi connectivity index (χ1) is 13.6. The fraction of sp³-hybridized carbons (Fsp3) is 0.391. The first-order valence-corrected chi connectivity index (χ1v) is 9.95. The van der Waals surface area contributed by atoms with Crippen LogP contribution in [-0.4, -0.2) is 36.4 Å². The number of anilines is 1. The molecule has 0 radical (unpaired) electrons. The van der Waals surface area contributed by atoms with Crippen LogP contribution in [0.15, 0.2) is 54.6 Å². The Hall–Kier alpha value is -2.82. The quantitative estimate of drug-likeness (QED) is 0.738. The fourth-order valence-corrected chi connectivity index (χ4v) is 3.47. The van der Waals surface area contributed by atoms with Gasteiger partial charge in [-0.3, -0.25) is 9.59 Å². The van der Waals surface area contributed by atoms with Gasteiger partial charge in [-0.05, 0) is 49.9 Å². The Morgan fingerprint density at radius 1 is 1.11 bits per heavy atom. The Labute approximate surface area is 166 Å². The molecule has 1 aliphatic rings. The summed E-state index contributed by atoms with van der Waals surface area (Å²) in [6.07, 6.45) is 2.79. The molecule has 148 valence electrons. The lowest BCUT2D eigenvalue weighted by Gasteiger charge is -2.32. The van der Waals surface area contributed by atoms with E-state index in [-0.39, 0.29) is 17.7 Å². The van der Waals surface area contributed by atoms with Crippen molar-refractivity contribution in [1.29, 1.82) is 0 Å². The number of piperidine rings is 1. The molecule has 2 amide bonds. The highest BCUT2D eigenvalue weighted by Crippen LogP contribution is 2.20. The minimum atomic E-state index is -0.152. The first-order valence-electron chi connectivity index (χ1n) is 9.95. The Morgan fingerprint density at radius 3 is 2.64 bits per heavy atom. The summed E-state index contributed by atoms with van der Waals surface area (Å²) in [6, 6.07) is 17.3. The van der Waals surface area contributed by atoms with Gasteiger partial charge in [0.1, 0.15) is 5.75 Å². The van der Waals surface area contributed by atoms with Gasteiger partial charge in [-0.1, -0.05) is 36.4 Å². The van der Waals surface area contributed by atoms with Gasteiger partial charge in [0.25, 0.3) is 0 Å². The number of ether oxygens (including phenoxy) is 1. The number of likely N-dealkylation sites (tertiary alicyclic amines) is 1. The summed E-state index contributed by atoms with van der Waals surface area (Å²) in [5.74, 6) is 0.809. The van der Waals surface area contributed by atoms with E-state index in [1.165, 1.54) is 0 Å². The van der Waals surface area contributed by atoms with Crippen molar-refractivity contribution >= 4 is 17.5 Å². The molecule has 1 atom stereocenters. The molecule has 5 nitrogen and oxygen atoms in total. The maximum atomic E-state index is 12.5. The summed E-state index contributed by atoms with van der Waals surface area (Å²) < 4.78 is 5.77. The Morgan fingerprint density at radius 2 is 1.86 bits per heavy atom. The molecule has 1 saturated heterocycles. The molecule has 2 aromatic carbocycles. The molecule has 0 saturated carbocycles. The SMILES string of the molecule is Cc1ccccc1OCCCC(=O)N1CCCC(C(=O)Nc2ccccc2)C1. The second-order valence-electron chi connectivity index (χ2n) is 7.25. The number of para-hydroxylation sites is 2. The highest BCUT2D eigenvalue weighted by molar-refractivity contribution is 5.93. The molecule has 28 heavy (non-hydrogen) atoms. The van der Waals surface area contributed by atoms with Crippen molar-refractivity contribution in [3.8, 4) is 5.75 Å². The second-order valence-corrected chi connectivity index (χ2v) is 7.25. The molecular formula is C23H28N2O3. The average Bonchev–Trinajstić information content (AvgIpc) is 2.73. The van der Waals surface area contributed by atoms with Crippen LogP contribution >= 0.6 is 0 Å². The van der Waals surface area contributed by atoms with Crippen molar-refractivity contribution in [2.75, 3.05) is 25.0 Å². The van der Waals surface area contributed by atoms with Gasteiger partial charge in [0.05, 0.1) is 12.5 Å². The Balaban J connectivity index is 1.42. The molecule has 1 fully saturated rings. The third-order valence-corrected chi connectivity index (χ3v) is 5.07. The van der Waals surface area contributed by atoms with Gasteiger partial charge in [0.2, 0.25) is 11.8 Å². The van der Waals surface area contributed by atoms with Crippen LogP contribution in [-0.2, 0) is 9.59 Å². The molecule has 3 rings (SSSR count). The number of carbonyl (C=O) groups excluding carboxylic acids is 2. The standard InChI is InChI=1S/C23H28N2O3/c1-18-9-5-6-13-21(18)28-16-8-14-22(26)25-15-7-10-19(17-25)23(27)24-20-11-3-2-4-12-20/h2-6,9,11-13,19H,7-8,10,14-17H2,1H3,(H,24,27). The fourth-order valence-electron chi connectivity index (χ4n) is 3.47. The zero-order chi connectivity index (χ0) is 19.8. The number of amides is 2. The lowest BCUT2D eigenvalue weighted by atomic mass is 9.96. The van der Waals surface area contributed by atoms with Gasteiger partial charge in [-0.15, -0.1) is 0 Å². The zero-order valence-electron chi connectivity index (χ0n) is 16.4. The van der Waals surface area contributed by atoms with Crippen LogP contribution in [0.2, 0.25) is 0 Å². The van der Waals surface area contributed by atoms with Gasteiger partial charge in [0, 0.05) is 25.2 Å². The lowest BCUT2D eigenvalue weighted by Crippen LogP contribution is -2.43. The number of nitrogens with one attached hydrogen (secondary N) is 1. The first kappa shape index (κ1) is 19.9. The maximum Gasteiger partial charge on any atom is 0.229 e. The predicted octanol–water partition coefficient (Wildman–Crippen LogP) is 4.03. The van der Waals surface area contributed by atoms with Gasteiger partial charge in [-0.2, -0.15) is 0 Å². The summed E-state index contributed by atoms with van der Waals surface area (Å²) in [4.78, 5) is 26.9. The summed E-state index contributed by atoms with van der Waals surface area (Å²) in [5.41, 5.74) is 1.89. The molecule has 1 N–H and O–H groups in total. The van der Waals surface area contributed by atoms with E-state index in [1.807, 2.05) is 66.4 Å². The predicted molar refractivity (Wildman–Crippen MR) is 110 cm³/mol. The summed E-state index contributed by atoms with van der Waals surface area (Å²) in [6.45, 7) is 3.75. The smallest absolute Gasteiger partial charge is 0.229 e. The van der Waals surface area contributed by atoms with Gasteiger partial charge < -0.3 is 15.0 Å². The molecule has 0 aliphatic carbocycles. The number of rotatable bonds is 7. The van der Waals surface area contributed by atoms with Crippen LogP contribution in [0.4, 0.5) is 5.69 Å². The highest BCUT2D eigenvalue weighted by atomic mass is 16.5. The van der Waals surface area contributed by atoms with Crippen LogP contribution in [0, 0.1) is 12.8 Å². The van der Waals surface area contributed by atoms with Crippen molar-refractivity contribution in [1.82, 2.24) is 4.90 Å². The van der Waals surface area contributed by atoms with Crippen molar-refractivity contribution < 1.29 is 14.3 Å². The molecular weight excluding hydrogens is 352 g/mol. The van der Waals surface area contributed by atoms with Crippen molar-refractivity contribution in [2.45, 2.75) is 32.6 Å². The lowest BCUT2D eigenvalue weighted by molar-refractivity contribution is -0.134. The number of aryl methyl sites for hydroxylation is 1. The van der Waals surface area contributed by atoms with Gasteiger partial charge >= 0.3 is 0 Å². The minimum Gasteiger partial charge on any atom is -0.493 e. The van der Waals surface area contributed by atoms with Crippen molar-refractivity contribution in [2.24, 2.45) is 5.92 Å². The van der Waals surface area contributed by atoms with Crippen LogP contribution in [0.5, 0.6) is 5.75 Å². The van der Waals surface area contributed by atoms with Crippen LogP contribution in [0.25, 0.3) is 0 Å². The average molecular weight is 380 g/mol. The van der Waals surface area contributed by atoms with E-state index in [4.69, 9.17) is 4.74 Å². The Kier molecular flexibility index (Phi) is 7.06. The third-order valence-electron chi connectivity index (χ3n) is 5.07. The Bertz CT molecular complexity index is 791. The highest BCUT2D eigenvalue weighted by Gasteiger charge is 2.28. The second kappa shape index (κ2) is 9.93. The molecule has 0 spiro atoms. The molecule has 2 aromatic rings. The number of hydrogen-bond acceptors (Lipinski definition) is 3. The monoisotopic (exact) mass is 380 g/mol. The molecule has 0 bridgehead atoms. The van der Waals surface area contributed by atoms with E-state index >= 15 is 0 Å². The number of benzene rings is 2. The van der Waals surface area contributed by atoms with Crippen molar-refractivity contribution in [3.05, 3.63) is 60.2 Å². The summed E-state index contributed by atoms with van der Waals surface area (Å²) >= 11 is 0. The van der Waals surface area contributed by atoms with E-state index in [0.29, 0.717) is 26.0 Å². The number of carbonyl (C=O) groups is 2. The van der Waals surface area contributed by atoms with E-state index in [2.05, 4.69) is 5.32 Å². The molecule has 1 aliphatic heterocycles. The van der Waals surface area contributed by atoms with E-state index in [1.54, 1.807) is 0 Å². The topological polar surface area (TPSA) is 58.6 Å². The normalized spacial score (nSPS) is 16.5. The van der Waals surface area contributed by atoms with Gasteiger partial charge in [-0.25, -0.2) is 0 Å². The maximum absolute atomic E-state index is 12.5. The minimum absolute atomic E-state index is 0.00779. The van der Waals surface area contributed by atoms with Gasteiger partial charge in [0.15, 0.2) is 0 Å². The number of hydrogen-bond donors (Lipinski definition) is 1.